The lowest BCUT2D eigenvalue weighted by atomic mass is 11.8. The third kappa shape index (κ3) is 6.59. The molecule has 0 rings (SSSR count). The van der Waals surface area contributed by atoms with Crippen molar-refractivity contribution in [2.24, 2.45) is 0 Å². The van der Waals surface area contributed by atoms with Crippen molar-refractivity contribution in [2.75, 3.05) is 19.7 Å². The summed E-state index contributed by atoms with van der Waals surface area (Å²) in [5, 5.41) is 0. The SMILES string of the molecule is COP(C)C[P+](O)(O)O. The number of hydrogen-bond donors (Lipinski definition) is 3. The zero-order valence-corrected chi connectivity index (χ0v) is 7.14. The molecule has 4 nitrogen and oxygen atoms in total. The maximum atomic E-state index is 8.48. The lowest BCUT2D eigenvalue weighted by Gasteiger charge is -2.08. The molecular weight excluding hydrogens is 162 g/mol. The average Bonchev–Trinajstić information content (AvgIpc) is 1.62. The fourth-order valence-electron chi connectivity index (χ4n) is 0.325. The molecule has 3 N–H and O–H groups in total. The molecule has 0 aromatic rings. The van der Waals surface area contributed by atoms with Crippen LogP contribution in [0.5, 0.6) is 0 Å². The standard InChI is InChI=1S/C3H11O4P2/c1-7-8(2)3-9(4,5)6/h4-6H,3H2,1-2H3/q+1. The summed E-state index contributed by atoms with van der Waals surface area (Å²) in [6.07, 6.45) is 0. The molecule has 0 aliphatic carbocycles. The van der Waals surface area contributed by atoms with Gasteiger partial charge in [-0.05, 0) is 6.66 Å². The predicted octanol–water partition coefficient (Wildman–Crippen LogP) is 0.356. The van der Waals surface area contributed by atoms with Gasteiger partial charge in [0, 0.05) is 7.11 Å². The van der Waals surface area contributed by atoms with Gasteiger partial charge in [0.25, 0.3) is 0 Å². The van der Waals surface area contributed by atoms with Crippen molar-refractivity contribution in [2.45, 2.75) is 0 Å². The molecule has 1 atom stereocenters. The summed E-state index contributed by atoms with van der Waals surface area (Å²) in [5.41, 5.74) is 0. The van der Waals surface area contributed by atoms with Crippen LogP contribution in [0.25, 0.3) is 0 Å². The monoisotopic (exact) mass is 173 g/mol. The minimum atomic E-state index is -3.58. The van der Waals surface area contributed by atoms with E-state index in [1.54, 1.807) is 6.66 Å². The maximum absolute atomic E-state index is 8.48. The first-order valence-electron chi connectivity index (χ1n) is 2.27. The van der Waals surface area contributed by atoms with E-state index in [4.69, 9.17) is 19.2 Å². The zero-order valence-electron chi connectivity index (χ0n) is 5.35. The molecule has 0 saturated heterocycles. The van der Waals surface area contributed by atoms with Crippen LogP contribution in [0, 0.1) is 0 Å². The summed E-state index contributed by atoms with van der Waals surface area (Å²) in [7, 11) is -2.98. The quantitative estimate of drug-likeness (QED) is 0.539. The van der Waals surface area contributed by atoms with Crippen LogP contribution in [-0.4, -0.2) is 34.4 Å². The first-order chi connectivity index (χ1) is 3.95. The van der Waals surface area contributed by atoms with Crippen LogP contribution >= 0.6 is 16.1 Å². The van der Waals surface area contributed by atoms with Crippen LogP contribution in [0.15, 0.2) is 0 Å². The molecule has 0 aliphatic heterocycles. The fraction of sp³-hybridized carbons (Fsp3) is 1.00. The Kier molecular flexibility index (Phi) is 4.06. The second kappa shape index (κ2) is 3.77. The lowest BCUT2D eigenvalue weighted by Crippen LogP contribution is -1.93. The van der Waals surface area contributed by atoms with E-state index in [0.29, 0.717) is 0 Å². The summed E-state index contributed by atoms with van der Waals surface area (Å²) >= 11 is 0. The second-order valence-corrected chi connectivity index (χ2v) is 5.78. The van der Waals surface area contributed by atoms with Crippen molar-refractivity contribution in [1.29, 1.82) is 0 Å². The Balaban J connectivity index is 3.47. The Morgan fingerprint density at radius 3 is 2.00 bits per heavy atom. The van der Waals surface area contributed by atoms with Crippen molar-refractivity contribution in [3.63, 3.8) is 0 Å². The van der Waals surface area contributed by atoms with Gasteiger partial charge >= 0.3 is 7.94 Å². The van der Waals surface area contributed by atoms with Crippen LogP contribution in [0.1, 0.15) is 0 Å². The average molecular weight is 173 g/mol. The first kappa shape index (κ1) is 9.70. The normalized spacial score (nSPS) is 15.7. The molecule has 0 amide bonds. The van der Waals surface area contributed by atoms with Gasteiger partial charge in [-0.2, -0.15) is 14.7 Å². The zero-order chi connectivity index (χ0) is 7.49. The summed E-state index contributed by atoms with van der Waals surface area (Å²) in [6.45, 7) is 1.72. The van der Waals surface area contributed by atoms with Gasteiger partial charge in [-0.1, -0.05) is 0 Å². The Morgan fingerprint density at radius 1 is 1.44 bits per heavy atom. The van der Waals surface area contributed by atoms with E-state index >= 15 is 0 Å². The van der Waals surface area contributed by atoms with Gasteiger partial charge in [0.1, 0.15) is 0 Å². The molecule has 56 valence electrons. The van der Waals surface area contributed by atoms with E-state index in [2.05, 4.69) is 0 Å². The molecule has 0 radical (unpaired) electrons. The van der Waals surface area contributed by atoms with Crippen molar-refractivity contribution < 1.29 is 19.2 Å². The largest absolute Gasteiger partial charge is 0.410 e. The molecule has 6 heteroatoms. The van der Waals surface area contributed by atoms with E-state index in [-0.39, 0.29) is 5.90 Å². The van der Waals surface area contributed by atoms with Crippen LogP contribution in [0.2, 0.25) is 0 Å². The van der Waals surface area contributed by atoms with Crippen molar-refractivity contribution in [3.8, 4) is 0 Å². The van der Waals surface area contributed by atoms with Crippen molar-refractivity contribution in [3.05, 3.63) is 0 Å². The maximum Gasteiger partial charge on any atom is 0.410 e. The summed E-state index contributed by atoms with van der Waals surface area (Å²) in [6, 6.07) is 0. The van der Waals surface area contributed by atoms with E-state index in [9.17, 15) is 0 Å². The predicted molar refractivity (Wildman–Crippen MR) is 38.3 cm³/mol. The van der Waals surface area contributed by atoms with Crippen LogP contribution in [-0.2, 0) is 4.52 Å². The van der Waals surface area contributed by atoms with Crippen LogP contribution < -0.4 is 0 Å². The van der Waals surface area contributed by atoms with Crippen molar-refractivity contribution in [1.82, 2.24) is 0 Å². The van der Waals surface area contributed by atoms with Crippen LogP contribution in [0.4, 0.5) is 0 Å². The topological polar surface area (TPSA) is 69.9 Å². The van der Waals surface area contributed by atoms with Crippen molar-refractivity contribution >= 4 is 16.1 Å². The highest BCUT2D eigenvalue weighted by Gasteiger charge is 2.32. The minimum Gasteiger partial charge on any atom is -0.359 e. The van der Waals surface area contributed by atoms with E-state index < -0.39 is 16.1 Å². The lowest BCUT2D eigenvalue weighted by molar-refractivity contribution is 0.335. The van der Waals surface area contributed by atoms with Crippen LogP contribution in [0.3, 0.4) is 0 Å². The molecule has 0 aromatic carbocycles. The smallest absolute Gasteiger partial charge is 0.359 e. The van der Waals surface area contributed by atoms with Gasteiger partial charge in [0.05, 0.1) is 8.15 Å². The van der Waals surface area contributed by atoms with Gasteiger partial charge in [-0.15, -0.1) is 0 Å². The van der Waals surface area contributed by atoms with E-state index in [1.165, 1.54) is 7.11 Å². The summed E-state index contributed by atoms with van der Waals surface area (Å²) in [5.74, 6) is -0.0289. The molecule has 1 unspecified atom stereocenters. The number of hydrogen-bond acceptors (Lipinski definition) is 4. The van der Waals surface area contributed by atoms with E-state index in [0.717, 1.165) is 0 Å². The highest BCUT2D eigenvalue weighted by Crippen LogP contribution is 2.55. The molecule has 0 bridgehead atoms. The number of rotatable bonds is 3. The fourth-order valence-corrected chi connectivity index (χ4v) is 2.92. The Hall–Kier alpha value is 0.700. The molecule has 0 saturated carbocycles. The van der Waals surface area contributed by atoms with Gasteiger partial charge < -0.3 is 4.52 Å². The molecule has 0 aromatic heterocycles. The molecule has 0 aliphatic rings. The highest BCUT2D eigenvalue weighted by atomic mass is 31.2. The highest BCUT2D eigenvalue weighted by molar-refractivity contribution is 7.72. The molecule has 0 spiro atoms. The molecule has 9 heavy (non-hydrogen) atoms. The third-order valence-corrected chi connectivity index (χ3v) is 4.44. The Bertz CT molecular complexity index is 80.4. The first-order valence-corrected chi connectivity index (χ1v) is 5.99. The Labute approximate surface area is 55.9 Å². The van der Waals surface area contributed by atoms with E-state index in [1.807, 2.05) is 0 Å². The molecular formula is C3H11O4P2+. The molecule has 0 fully saturated rings. The van der Waals surface area contributed by atoms with Gasteiger partial charge in [0.15, 0.2) is 5.90 Å². The Morgan fingerprint density at radius 2 is 1.89 bits per heavy atom. The van der Waals surface area contributed by atoms with Gasteiger partial charge in [-0.3, -0.25) is 0 Å². The summed E-state index contributed by atoms with van der Waals surface area (Å²) < 4.78 is 4.74. The molecule has 0 heterocycles. The van der Waals surface area contributed by atoms with Gasteiger partial charge in [-0.25, -0.2) is 0 Å². The van der Waals surface area contributed by atoms with Gasteiger partial charge in [0.2, 0.25) is 0 Å². The summed E-state index contributed by atoms with van der Waals surface area (Å²) in [4.78, 5) is 25.4. The third-order valence-electron chi connectivity index (χ3n) is 0.701. The minimum absolute atomic E-state index is 0.0289. The second-order valence-electron chi connectivity index (χ2n) is 1.64.